The van der Waals surface area contributed by atoms with Gasteiger partial charge in [0.25, 0.3) is 0 Å². The molecule has 0 aliphatic heterocycles. The molecule has 4 nitrogen and oxygen atoms in total. The third-order valence-electron chi connectivity index (χ3n) is 10.4. The second kappa shape index (κ2) is 12.3. The first-order valence-electron chi connectivity index (χ1n) is 18.1. The molecule has 5 heteroatoms. The van der Waals surface area contributed by atoms with Crippen LogP contribution in [0.4, 0.5) is 0 Å². The Hall–Kier alpha value is -6.95. The normalized spacial score (nSPS) is 11.7. The highest BCUT2D eigenvalue weighted by Gasteiger charge is 2.20. The zero-order valence-corrected chi connectivity index (χ0v) is 29.8. The third-order valence-corrected chi connectivity index (χ3v) is 11.6. The van der Waals surface area contributed by atoms with Gasteiger partial charge in [-0.15, -0.1) is 11.3 Å². The Balaban J connectivity index is 1.18. The number of fused-ring (bicyclic) bond motifs is 7. The average molecular weight is 707 g/mol. The molecule has 8 aromatic carbocycles. The molecule has 54 heavy (non-hydrogen) atoms. The van der Waals surface area contributed by atoms with Gasteiger partial charge in [-0.1, -0.05) is 133 Å². The molecule has 3 heterocycles. The molecule has 0 fully saturated rings. The van der Waals surface area contributed by atoms with Crippen LogP contribution in [0.2, 0.25) is 0 Å². The zero-order valence-electron chi connectivity index (χ0n) is 29.0. The van der Waals surface area contributed by atoms with Crippen molar-refractivity contribution < 1.29 is 0 Å². The van der Waals surface area contributed by atoms with Crippen molar-refractivity contribution in [2.24, 2.45) is 0 Å². The summed E-state index contributed by atoms with van der Waals surface area (Å²) in [5, 5.41) is 7.30. The number of para-hydroxylation sites is 1. The molecule has 0 aliphatic rings. The molecule has 3 aromatic heterocycles. The lowest BCUT2D eigenvalue weighted by atomic mass is 9.98. The van der Waals surface area contributed by atoms with Crippen molar-refractivity contribution in [3.8, 4) is 51.0 Å². The fourth-order valence-electron chi connectivity index (χ4n) is 7.95. The predicted octanol–water partition coefficient (Wildman–Crippen LogP) is 13.2. The molecule has 0 atom stereocenters. The van der Waals surface area contributed by atoms with E-state index in [-0.39, 0.29) is 0 Å². The fraction of sp³-hybridized carbons (Fsp3) is 0. The van der Waals surface area contributed by atoms with E-state index in [4.69, 9.17) is 15.0 Å². The number of rotatable bonds is 5. The zero-order chi connectivity index (χ0) is 35.6. The van der Waals surface area contributed by atoms with E-state index in [1.807, 2.05) is 18.2 Å². The van der Waals surface area contributed by atoms with Crippen molar-refractivity contribution in [2.75, 3.05) is 0 Å². The van der Waals surface area contributed by atoms with Gasteiger partial charge < -0.3 is 4.57 Å². The lowest BCUT2D eigenvalue weighted by molar-refractivity contribution is 1.08. The highest BCUT2D eigenvalue weighted by Crippen LogP contribution is 2.41. The summed E-state index contributed by atoms with van der Waals surface area (Å²) < 4.78 is 4.85. The molecule has 0 amide bonds. The van der Waals surface area contributed by atoms with Crippen LogP contribution in [0, 0.1) is 0 Å². The molecular formula is C49H30N4S. The van der Waals surface area contributed by atoms with Crippen LogP contribution < -0.4 is 0 Å². The van der Waals surface area contributed by atoms with Gasteiger partial charge in [0.15, 0.2) is 17.5 Å². The Kier molecular flexibility index (Phi) is 7.00. The van der Waals surface area contributed by atoms with Crippen molar-refractivity contribution >= 4 is 64.1 Å². The highest BCUT2D eigenvalue weighted by molar-refractivity contribution is 7.25. The third kappa shape index (κ3) is 4.94. The Bertz CT molecular complexity index is 3220. The standard InChI is InChI=1S/C49H30N4S/c1-3-14-31(15-4-1)40-30-35(53-42-23-11-9-20-36(42)41-28-33-18-7-8-19-34(33)29-43(41)53)26-27-37(40)48-50-47(32-16-5-2-6-17-32)51-49(52-48)39-22-13-25-45-46(39)38-21-10-12-24-44(38)54-45/h1-30H. The number of thiophene rings is 1. The molecule has 0 saturated carbocycles. The summed E-state index contributed by atoms with van der Waals surface area (Å²) in [7, 11) is 0. The number of hydrogen-bond acceptors (Lipinski definition) is 4. The molecule has 0 radical (unpaired) electrons. The fourth-order valence-corrected chi connectivity index (χ4v) is 9.08. The van der Waals surface area contributed by atoms with Gasteiger partial charge in [0.05, 0.1) is 11.0 Å². The van der Waals surface area contributed by atoms with Crippen molar-refractivity contribution in [3.05, 3.63) is 182 Å². The van der Waals surface area contributed by atoms with Crippen molar-refractivity contribution in [1.29, 1.82) is 0 Å². The van der Waals surface area contributed by atoms with Crippen LogP contribution in [0.1, 0.15) is 0 Å². The maximum absolute atomic E-state index is 5.32. The van der Waals surface area contributed by atoms with E-state index in [2.05, 4.69) is 168 Å². The van der Waals surface area contributed by atoms with Gasteiger partial charge in [-0.25, -0.2) is 15.0 Å². The summed E-state index contributed by atoms with van der Waals surface area (Å²) >= 11 is 1.80. The van der Waals surface area contributed by atoms with Crippen molar-refractivity contribution in [3.63, 3.8) is 0 Å². The molecule has 0 N–H and O–H groups in total. The minimum Gasteiger partial charge on any atom is -0.309 e. The summed E-state index contributed by atoms with van der Waals surface area (Å²) in [6, 6.07) is 64.5. The Morgan fingerprint density at radius 1 is 0.370 bits per heavy atom. The molecule has 252 valence electrons. The van der Waals surface area contributed by atoms with Gasteiger partial charge in [0, 0.05) is 53.3 Å². The van der Waals surface area contributed by atoms with E-state index in [0.717, 1.165) is 33.5 Å². The molecule has 0 unspecified atom stereocenters. The predicted molar refractivity (Wildman–Crippen MR) is 226 cm³/mol. The molecule has 0 aliphatic carbocycles. The maximum Gasteiger partial charge on any atom is 0.164 e. The highest BCUT2D eigenvalue weighted by atomic mass is 32.1. The van der Waals surface area contributed by atoms with E-state index >= 15 is 0 Å². The van der Waals surface area contributed by atoms with Gasteiger partial charge >= 0.3 is 0 Å². The minimum absolute atomic E-state index is 0.633. The van der Waals surface area contributed by atoms with Gasteiger partial charge in [-0.05, 0) is 70.4 Å². The molecule has 0 bridgehead atoms. The van der Waals surface area contributed by atoms with E-state index in [1.165, 1.54) is 52.8 Å². The summed E-state index contributed by atoms with van der Waals surface area (Å²) in [5.41, 5.74) is 8.45. The Morgan fingerprint density at radius 2 is 1.00 bits per heavy atom. The van der Waals surface area contributed by atoms with Gasteiger partial charge in [-0.3, -0.25) is 0 Å². The quantitative estimate of drug-likeness (QED) is 0.179. The first-order valence-corrected chi connectivity index (χ1v) is 18.9. The van der Waals surface area contributed by atoms with Crippen molar-refractivity contribution in [2.45, 2.75) is 0 Å². The van der Waals surface area contributed by atoms with Crippen LogP contribution in [-0.4, -0.2) is 19.5 Å². The summed E-state index contributed by atoms with van der Waals surface area (Å²) in [4.78, 5) is 15.7. The topological polar surface area (TPSA) is 43.6 Å². The number of benzene rings is 8. The lowest BCUT2D eigenvalue weighted by Crippen LogP contribution is -2.02. The number of aromatic nitrogens is 4. The van der Waals surface area contributed by atoms with E-state index in [0.29, 0.717) is 17.5 Å². The first-order chi connectivity index (χ1) is 26.8. The molecule has 11 rings (SSSR count). The Labute approximate surface area is 315 Å². The van der Waals surface area contributed by atoms with Gasteiger partial charge in [-0.2, -0.15) is 0 Å². The molecule has 0 spiro atoms. The molecule has 0 saturated heterocycles. The monoisotopic (exact) mass is 706 g/mol. The number of nitrogens with zero attached hydrogens (tertiary/aromatic N) is 4. The minimum atomic E-state index is 0.633. The van der Waals surface area contributed by atoms with Crippen molar-refractivity contribution in [1.82, 2.24) is 19.5 Å². The SMILES string of the molecule is c1ccc(-c2nc(-c3ccc(-n4c5ccccc5c5cc6ccccc6cc54)cc3-c3ccccc3)nc(-c3cccc4sc5ccccc5c34)n2)cc1. The van der Waals surface area contributed by atoms with E-state index in [1.54, 1.807) is 11.3 Å². The van der Waals surface area contributed by atoms with Crippen LogP contribution in [0.5, 0.6) is 0 Å². The average Bonchev–Trinajstić information content (AvgIpc) is 3.78. The second-order valence-electron chi connectivity index (χ2n) is 13.6. The summed E-state index contributed by atoms with van der Waals surface area (Å²) in [6.07, 6.45) is 0. The van der Waals surface area contributed by atoms with Crippen LogP contribution >= 0.6 is 11.3 Å². The molecule has 11 aromatic rings. The van der Waals surface area contributed by atoms with Gasteiger partial charge in [0.2, 0.25) is 0 Å². The van der Waals surface area contributed by atoms with E-state index in [9.17, 15) is 0 Å². The van der Waals surface area contributed by atoms with Crippen LogP contribution in [0.15, 0.2) is 182 Å². The van der Waals surface area contributed by atoms with Gasteiger partial charge in [0.1, 0.15) is 0 Å². The van der Waals surface area contributed by atoms with E-state index < -0.39 is 0 Å². The number of hydrogen-bond donors (Lipinski definition) is 0. The summed E-state index contributed by atoms with van der Waals surface area (Å²) in [5.74, 6) is 1.93. The lowest BCUT2D eigenvalue weighted by Gasteiger charge is -2.16. The maximum atomic E-state index is 5.32. The molecular weight excluding hydrogens is 677 g/mol. The largest absolute Gasteiger partial charge is 0.309 e. The summed E-state index contributed by atoms with van der Waals surface area (Å²) in [6.45, 7) is 0. The first kappa shape index (κ1) is 30.7. The van der Waals surface area contributed by atoms with Crippen LogP contribution in [0.25, 0.3) is 104 Å². The Morgan fingerprint density at radius 3 is 1.81 bits per heavy atom. The second-order valence-corrected chi connectivity index (χ2v) is 14.7. The van der Waals surface area contributed by atoms with Crippen LogP contribution in [0.3, 0.4) is 0 Å². The smallest absolute Gasteiger partial charge is 0.164 e. The van der Waals surface area contributed by atoms with Crippen LogP contribution in [-0.2, 0) is 0 Å².